The zero-order valence-electron chi connectivity index (χ0n) is 18.4. The average Bonchev–Trinajstić information content (AvgIpc) is 3.22. The zero-order chi connectivity index (χ0) is 21.8. The van der Waals surface area contributed by atoms with Crippen LogP contribution in [-0.4, -0.2) is 78.9 Å². The predicted octanol–water partition coefficient (Wildman–Crippen LogP) is 1.09. The molecule has 0 N–H and O–H groups in total. The van der Waals surface area contributed by atoms with E-state index in [2.05, 4.69) is 44.7 Å². The summed E-state index contributed by atoms with van der Waals surface area (Å²) in [5, 5.41) is 12.2. The van der Waals surface area contributed by atoms with E-state index in [9.17, 15) is 9.59 Å². The minimum atomic E-state index is -0.383. The van der Waals surface area contributed by atoms with Gasteiger partial charge in [0.2, 0.25) is 11.8 Å². The van der Waals surface area contributed by atoms with E-state index in [1.54, 1.807) is 14.5 Å². The first-order valence-corrected chi connectivity index (χ1v) is 11.2. The monoisotopic (exact) mass is 425 g/mol. The summed E-state index contributed by atoms with van der Waals surface area (Å²) in [6.45, 7) is 8.86. The smallest absolute Gasteiger partial charge is 0.245 e. The van der Waals surface area contributed by atoms with E-state index in [0.717, 1.165) is 25.3 Å². The normalized spacial score (nSPS) is 19.5. The summed E-state index contributed by atoms with van der Waals surface area (Å²) in [4.78, 5) is 30.9. The van der Waals surface area contributed by atoms with Crippen molar-refractivity contribution in [2.75, 3.05) is 26.2 Å². The molecule has 0 unspecified atom stereocenters. The molecule has 31 heavy (non-hydrogen) atoms. The highest BCUT2D eigenvalue weighted by Gasteiger charge is 2.33. The molecule has 2 amide bonds. The molecule has 3 heterocycles. The second-order valence-corrected chi connectivity index (χ2v) is 8.33. The number of carbonyl (C=O) groups is 2. The number of nitrogens with zero attached hydrogens (tertiary/aromatic N) is 7. The summed E-state index contributed by atoms with van der Waals surface area (Å²) in [6, 6.07) is 8.18. The quantitative estimate of drug-likeness (QED) is 0.660. The van der Waals surface area contributed by atoms with Crippen LogP contribution in [0.3, 0.4) is 0 Å². The minimum absolute atomic E-state index is 0.0267. The van der Waals surface area contributed by atoms with Crippen LogP contribution in [-0.2, 0) is 35.6 Å². The average molecular weight is 426 g/mol. The molecule has 1 fully saturated rings. The maximum absolute atomic E-state index is 12.7. The maximum Gasteiger partial charge on any atom is 0.245 e. The molecule has 1 saturated heterocycles. The molecule has 166 valence electrons. The number of aromatic nitrogens is 4. The Bertz CT molecular complexity index is 928. The van der Waals surface area contributed by atoms with Crippen LogP contribution in [0, 0.1) is 0 Å². The number of tetrazole rings is 1. The zero-order valence-corrected chi connectivity index (χ0v) is 18.4. The first-order chi connectivity index (χ1) is 15.1. The second kappa shape index (κ2) is 9.55. The lowest BCUT2D eigenvalue weighted by Crippen LogP contribution is -2.57. The highest BCUT2D eigenvalue weighted by atomic mass is 16.2. The van der Waals surface area contributed by atoms with E-state index in [-0.39, 0.29) is 17.9 Å². The number of piperazine rings is 1. The number of aryl methyl sites for hydroxylation is 1. The Hall–Kier alpha value is -2.81. The molecule has 0 saturated carbocycles. The SMILES string of the molecule is CCN1CCN(C(=O)CCCn2nnnc2CN2CCc3ccccc3C2)[C@@H](C)C1=O. The van der Waals surface area contributed by atoms with Gasteiger partial charge in [-0.2, -0.15) is 0 Å². The van der Waals surface area contributed by atoms with Gasteiger partial charge in [-0.25, -0.2) is 4.68 Å². The van der Waals surface area contributed by atoms with Crippen molar-refractivity contribution in [2.45, 2.75) is 58.8 Å². The number of fused-ring (bicyclic) bond motifs is 1. The van der Waals surface area contributed by atoms with Crippen molar-refractivity contribution in [1.29, 1.82) is 0 Å². The molecule has 1 aromatic heterocycles. The summed E-state index contributed by atoms with van der Waals surface area (Å²) in [6.07, 6.45) is 2.07. The van der Waals surface area contributed by atoms with Gasteiger partial charge in [-0.05, 0) is 48.2 Å². The standard InChI is InChI=1S/C22H31N7O2/c1-3-27-13-14-28(17(2)22(27)31)21(30)9-6-11-29-20(23-24-25-29)16-26-12-10-18-7-4-5-8-19(18)15-26/h4-5,7-8,17H,3,6,9-16H2,1-2H3/t17-/m0/s1. The number of benzene rings is 1. The lowest BCUT2D eigenvalue weighted by atomic mass is 10.00. The summed E-state index contributed by atoms with van der Waals surface area (Å²) in [5.41, 5.74) is 2.79. The molecule has 0 bridgehead atoms. The number of amides is 2. The molecular formula is C22H31N7O2. The van der Waals surface area contributed by atoms with Gasteiger partial charge in [-0.15, -0.1) is 5.10 Å². The van der Waals surface area contributed by atoms with Gasteiger partial charge >= 0.3 is 0 Å². The first-order valence-electron chi connectivity index (χ1n) is 11.2. The number of likely N-dealkylation sites (N-methyl/N-ethyl adjacent to an activating group) is 1. The van der Waals surface area contributed by atoms with Gasteiger partial charge in [-0.3, -0.25) is 14.5 Å². The number of carbonyl (C=O) groups excluding carboxylic acids is 2. The van der Waals surface area contributed by atoms with E-state index in [1.807, 2.05) is 13.8 Å². The van der Waals surface area contributed by atoms with Gasteiger partial charge in [0.1, 0.15) is 6.04 Å². The molecule has 2 aliphatic heterocycles. The van der Waals surface area contributed by atoms with Crippen LogP contribution in [0.2, 0.25) is 0 Å². The highest BCUT2D eigenvalue weighted by molar-refractivity contribution is 5.88. The Kier molecular flexibility index (Phi) is 6.60. The molecule has 0 aliphatic carbocycles. The largest absolute Gasteiger partial charge is 0.339 e. The molecule has 0 spiro atoms. The second-order valence-electron chi connectivity index (χ2n) is 8.33. The van der Waals surface area contributed by atoms with Crippen LogP contribution in [0.4, 0.5) is 0 Å². The van der Waals surface area contributed by atoms with Crippen molar-refractivity contribution in [2.24, 2.45) is 0 Å². The van der Waals surface area contributed by atoms with E-state index in [4.69, 9.17) is 0 Å². The Morgan fingerprint density at radius 2 is 1.97 bits per heavy atom. The van der Waals surface area contributed by atoms with Crippen molar-refractivity contribution >= 4 is 11.8 Å². The van der Waals surface area contributed by atoms with Gasteiger partial charge in [0, 0.05) is 45.7 Å². The first kappa shape index (κ1) is 21.4. The highest BCUT2D eigenvalue weighted by Crippen LogP contribution is 2.20. The Morgan fingerprint density at radius 1 is 1.16 bits per heavy atom. The van der Waals surface area contributed by atoms with Crippen LogP contribution >= 0.6 is 0 Å². The summed E-state index contributed by atoms with van der Waals surface area (Å²) in [5.74, 6) is 0.888. The fourth-order valence-electron chi connectivity index (χ4n) is 4.51. The number of hydrogen-bond acceptors (Lipinski definition) is 6. The Morgan fingerprint density at radius 3 is 2.77 bits per heavy atom. The van der Waals surface area contributed by atoms with Crippen LogP contribution in [0.5, 0.6) is 0 Å². The van der Waals surface area contributed by atoms with Crippen LogP contribution in [0.15, 0.2) is 24.3 Å². The minimum Gasteiger partial charge on any atom is -0.339 e. The van der Waals surface area contributed by atoms with E-state index >= 15 is 0 Å². The third-order valence-electron chi connectivity index (χ3n) is 6.39. The lowest BCUT2D eigenvalue weighted by Gasteiger charge is -2.38. The fourth-order valence-corrected chi connectivity index (χ4v) is 4.51. The molecule has 2 aromatic rings. The van der Waals surface area contributed by atoms with E-state index < -0.39 is 0 Å². The third-order valence-corrected chi connectivity index (χ3v) is 6.39. The molecule has 2 aliphatic rings. The van der Waals surface area contributed by atoms with E-state index in [0.29, 0.717) is 45.6 Å². The van der Waals surface area contributed by atoms with Crippen molar-refractivity contribution < 1.29 is 9.59 Å². The van der Waals surface area contributed by atoms with Crippen LogP contribution in [0.1, 0.15) is 43.6 Å². The molecule has 9 nitrogen and oxygen atoms in total. The van der Waals surface area contributed by atoms with Crippen molar-refractivity contribution in [3.8, 4) is 0 Å². The Labute approximate surface area is 183 Å². The summed E-state index contributed by atoms with van der Waals surface area (Å²) < 4.78 is 1.80. The summed E-state index contributed by atoms with van der Waals surface area (Å²) >= 11 is 0. The maximum atomic E-state index is 12.7. The van der Waals surface area contributed by atoms with Gasteiger partial charge in [0.05, 0.1) is 6.54 Å². The predicted molar refractivity (Wildman–Crippen MR) is 115 cm³/mol. The van der Waals surface area contributed by atoms with E-state index in [1.165, 1.54) is 11.1 Å². The molecule has 0 radical (unpaired) electrons. The van der Waals surface area contributed by atoms with Crippen molar-refractivity contribution in [3.63, 3.8) is 0 Å². The summed E-state index contributed by atoms with van der Waals surface area (Å²) in [7, 11) is 0. The van der Waals surface area contributed by atoms with Crippen LogP contribution in [0.25, 0.3) is 0 Å². The van der Waals surface area contributed by atoms with Gasteiger partial charge < -0.3 is 9.80 Å². The van der Waals surface area contributed by atoms with Crippen LogP contribution < -0.4 is 0 Å². The molecule has 4 rings (SSSR count). The van der Waals surface area contributed by atoms with Gasteiger partial charge in [-0.1, -0.05) is 24.3 Å². The molecular weight excluding hydrogens is 394 g/mol. The lowest BCUT2D eigenvalue weighted by molar-refractivity contribution is -0.150. The molecule has 1 aromatic carbocycles. The van der Waals surface area contributed by atoms with Gasteiger partial charge in [0.25, 0.3) is 0 Å². The Balaban J connectivity index is 1.28. The molecule has 9 heteroatoms. The van der Waals surface area contributed by atoms with Crippen molar-refractivity contribution in [3.05, 3.63) is 41.2 Å². The number of rotatable bonds is 7. The van der Waals surface area contributed by atoms with Crippen molar-refractivity contribution in [1.82, 2.24) is 34.9 Å². The molecule has 1 atom stereocenters. The number of hydrogen-bond donors (Lipinski definition) is 0. The fraction of sp³-hybridized carbons (Fsp3) is 0.591. The topological polar surface area (TPSA) is 87.5 Å². The third kappa shape index (κ3) is 4.76. The van der Waals surface area contributed by atoms with Gasteiger partial charge in [0.15, 0.2) is 5.82 Å².